The van der Waals surface area contributed by atoms with Gasteiger partial charge in [0.1, 0.15) is 0 Å². The van der Waals surface area contributed by atoms with E-state index in [9.17, 15) is 0 Å². The topological polar surface area (TPSA) is 35.6 Å². The molecule has 0 aliphatic carbocycles. The molecule has 2 aromatic heterocycles. The Balaban J connectivity index is 1.80. The molecule has 0 radical (unpaired) electrons. The molecule has 0 N–H and O–H groups in total. The molecule has 0 saturated carbocycles. The first-order chi connectivity index (χ1) is 8.65. The Labute approximate surface area is 109 Å². The van der Waals surface area contributed by atoms with E-state index in [1.54, 1.807) is 0 Å². The Kier molecular flexibility index (Phi) is 4.18. The molecule has 0 atom stereocenters. The fourth-order valence-electron chi connectivity index (χ4n) is 2.12. The smallest absolute Gasteiger partial charge is 0.0627 e. The first-order valence-electron chi connectivity index (χ1n) is 6.64. The summed E-state index contributed by atoms with van der Waals surface area (Å²) >= 11 is 0. The van der Waals surface area contributed by atoms with Crippen LogP contribution in [0.3, 0.4) is 0 Å². The SMILES string of the molecule is CC(C)Cc1ccn(CCCc2ccnn2C)n1. The van der Waals surface area contributed by atoms with Gasteiger partial charge >= 0.3 is 0 Å². The maximum Gasteiger partial charge on any atom is 0.0627 e. The van der Waals surface area contributed by atoms with Gasteiger partial charge in [-0.05, 0) is 37.3 Å². The second-order valence-corrected chi connectivity index (χ2v) is 5.22. The average molecular weight is 246 g/mol. The van der Waals surface area contributed by atoms with Crippen LogP contribution in [0.4, 0.5) is 0 Å². The maximum absolute atomic E-state index is 4.59. The highest BCUT2D eigenvalue weighted by Crippen LogP contribution is 2.06. The van der Waals surface area contributed by atoms with E-state index in [4.69, 9.17) is 0 Å². The van der Waals surface area contributed by atoms with E-state index in [1.165, 1.54) is 11.4 Å². The molecular formula is C14H22N4. The molecule has 0 spiro atoms. The van der Waals surface area contributed by atoms with Crippen molar-refractivity contribution in [2.24, 2.45) is 13.0 Å². The van der Waals surface area contributed by atoms with Gasteiger partial charge in [0.2, 0.25) is 0 Å². The van der Waals surface area contributed by atoms with Gasteiger partial charge in [-0.15, -0.1) is 0 Å². The summed E-state index contributed by atoms with van der Waals surface area (Å²) in [4.78, 5) is 0. The largest absolute Gasteiger partial charge is 0.273 e. The quantitative estimate of drug-likeness (QED) is 0.785. The number of aryl methyl sites for hydroxylation is 3. The van der Waals surface area contributed by atoms with Crippen LogP contribution in [0.15, 0.2) is 24.5 Å². The van der Waals surface area contributed by atoms with Crippen LogP contribution in [0.2, 0.25) is 0 Å². The van der Waals surface area contributed by atoms with Crippen LogP contribution in [-0.2, 0) is 26.4 Å². The molecule has 0 aromatic carbocycles. The van der Waals surface area contributed by atoms with Crippen molar-refractivity contribution in [3.63, 3.8) is 0 Å². The standard InChI is InChI=1S/C14H22N4/c1-12(2)11-13-7-10-18(16-13)9-4-5-14-6-8-15-17(14)3/h6-8,10,12H,4-5,9,11H2,1-3H3. The number of hydrogen-bond donors (Lipinski definition) is 0. The molecule has 0 unspecified atom stereocenters. The normalized spacial score (nSPS) is 11.3. The summed E-state index contributed by atoms with van der Waals surface area (Å²) in [5.74, 6) is 0.669. The van der Waals surface area contributed by atoms with Gasteiger partial charge in [0.25, 0.3) is 0 Å². The van der Waals surface area contributed by atoms with Crippen molar-refractivity contribution in [2.75, 3.05) is 0 Å². The molecule has 0 saturated heterocycles. The van der Waals surface area contributed by atoms with Gasteiger partial charge in [-0.1, -0.05) is 13.8 Å². The predicted molar refractivity (Wildman–Crippen MR) is 72.3 cm³/mol. The van der Waals surface area contributed by atoms with Crippen LogP contribution in [0.25, 0.3) is 0 Å². The Morgan fingerprint density at radius 2 is 2.11 bits per heavy atom. The van der Waals surface area contributed by atoms with E-state index >= 15 is 0 Å². The molecular weight excluding hydrogens is 224 g/mol. The molecule has 2 heterocycles. The van der Waals surface area contributed by atoms with Crippen LogP contribution in [0, 0.1) is 5.92 Å². The van der Waals surface area contributed by atoms with Crippen molar-refractivity contribution >= 4 is 0 Å². The van der Waals surface area contributed by atoms with Gasteiger partial charge in [-0.25, -0.2) is 0 Å². The fraction of sp³-hybridized carbons (Fsp3) is 0.571. The highest BCUT2D eigenvalue weighted by Gasteiger charge is 2.03. The minimum Gasteiger partial charge on any atom is -0.273 e. The summed E-state index contributed by atoms with van der Waals surface area (Å²) in [5.41, 5.74) is 2.48. The lowest BCUT2D eigenvalue weighted by Crippen LogP contribution is -2.04. The van der Waals surface area contributed by atoms with Crippen LogP contribution in [-0.4, -0.2) is 19.6 Å². The number of rotatable bonds is 6. The van der Waals surface area contributed by atoms with E-state index in [-0.39, 0.29) is 0 Å². The minimum absolute atomic E-state index is 0.669. The lowest BCUT2D eigenvalue weighted by molar-refractivity contribution is 0.548. The summed E-state index contributed by atoms with van der Waals surface area (Å²) in [6, 6.07) is 4.21. The Hall–Kier alpha value is -1.58. The van der Waals surface area contributed by atoms with E-state index in [2.05, 4.69) is 42.4 Å². The van der Waals surface area contributed by atoms with Gasteiger partial charge in [0.05, 0.1) is 5.69 Å². The highest BCUT2D eigenvalue weighted by molar-refractivity contribution is 5.01. The Bertz CT molecular complexity index is 481. The van der Waals surface area contributed by atoms with Crippen LogP contribution in [0.1, 0.15) is 31.7 Å². The van der Waals surface area contributed by atoms with Crippen LogP contribution in [0.5, 0.6) is 0 Å². The van der Waals surface area contributed by atoms with Crippen LogP contribution >= 0.6 is 0 Å². The van der Waals surface area contributed by atoms with Gasteiger partial charge in [-0.3, -0.25) is 9.36 Å². The number of aromatic nitrogens is 4. The molecule has 98 valence electrons. The van der Waals surface area contributed by atoms with Crippen LogP contribution < -0.4 is 0 Å². The molecule has 2 rings (SSSR count). The third-order valence-electron chi connectivity index (χ3n) is 3.06. The summed E-state index contributed by atoms with van der Waals surface area (Å²) in [6.45, 7) is 5.42. The number of nitrogens with zero attached hydrogens (tertiary/aromatic N) is 4. The third kappa shape index (κ3) is 3.45. The zero-order valence-electron chi connectivity index (χ0n) is 11.5. The molecule has 0 fully saturated rings. The Morgan fingerprint density at radius 3 is 2.78 bits per heavy atom. The predicted octanol–water partition coefficient (Wildman–Crippen LogP) is 2.45. The van der Waals surface area contributed by atoms with Gasteiger partial charge in [0, 0.05) is 31.7 Å². The monoisotopic (exact) mass is 246 g/mol. The molecule has 0 amide bonds. The molecule has 2 aromatic rings. The van der Waals surface area contributed by atoms with Crippen molar-refractivity contribution in [1.29, 1.82) is 0 Å². The molecule has 0 aliphatic heterocycles. The van der Waals surface area contributed by atoms with Crippen molar-refractivity contribution < 1.29 is 0 Å². The van der Waals surface area contributed by atoms with Crippen molar-refractivity contribution in [2.45, 2.75) is 39.7 Å². The first-order valence-corrected chi connectivity index (χ1v) is 6.64. The molecule has 18 heavy (non-hydrogen) atoms. The van der Waals surface area contributed by atoms with Gasteiger partial charge in [-0.2, -0.15) is 10.2 Å². The van der Waals surface area contributed by atoms with E-state index in [0.717, 1.165) is 25.8 Å². The second kappa shape index (κ2) is 5.85. The summed E-state index contributed by atoms with van der Waals surface area (Å²) in [6.07, 6.45) is 7.15. The minimum atomic E-state index is 0.669. The van der Waals surface area contributed by atoms with Crippen molar-refractivity contribution in [3.8, 4) is 0 Å². The maximum atomic E-state index is 4.59. The second-order valence-electron chi connectivity index (χ2n) is 5.22. The summed E-state index contributed by atoms with van der Waals surface area (Å²) < 4.78 is 3.99. The van der Waals surface area contributed by atoms with Crippen molar-refractivity contribution in [1.82, 2.24) is 19.6 Å². The first kappa shape index (κ1) is 12.9. The summed E-state index contributed by atoms with van der Waals surface area (Å²) in [7, 11) is 1.99. The lowest BCUT2D eigenvalue weighted by atomic mass is 10.1. The third-order valence-corrected chi connectivity index (χ3v) is 3.06. The van der Waals surface area contributed by atoms with E-state index in [0.29, 0.717) is 5.92 Å². The molecule has 0 aliphatic rings. The fourth-order valence-corrected chi connectivity index (χ4v) is 2.12. The zero-order chi connectivity index (χ0) is 13.0. The molecule has 4 nitrogen and oxygen atoms in total. The van der Waals surface area contributed by atoms with Gasteiger partial charge < -0.3 is 0 Å². The van der Waals surface area contributed by atoms with E-state index < -0.39 is 0 Å². The highest BCUT2D eigenvalue weighted by atomic mass is 15.3. The zero-order valence-corrected chi connectivity index (χ0v) is 11.5. The molecule has 4 heteroatoms. The Morgan fingerprint density at radius 1 is 1.28 bits per heavy atom. The number of hydrogen-bond acceptors (Lipinski definition) is 2. The molecule has 0 bridgehead atoms. The van der Waals surface area contributed by atoms with Gasteiger partial charge in [0.15, 0.2) is 0 Å². The van der Waals surface area contributed by atoms with E-state index in [1.807, 2.05) is 22.6 Å². The van der Waals surface area contributed by atoms with Crippen molar-refractivity contribution in [3.05, 3.63) is 35.9 Å². The summed E-state index contributed by atoms with van der Waals surface area (Å²) in [5, 5.41) is 8.76. The lowest BCUT2D eigenvalue weighted by Gasteiger charge is -2.03. The average Bonchev–Trinajstić information content (AvgIpc) is 2.89.